The molecule has 10 heteroatoms. The van der Waals surface area contributed by atoms with Gasteiger partial charge < -0.3 is 19.5 Å². The Morgan fingerprint density at radius 2 is 1.54 bits per heavy atom. The number of ether oxygens (including phenoxy) is 3. The van der Waals surface area contributed by atoms with Crippen LogP contribution in [0.15, 0.2) is 65.6 Å². The van der Waals surface area contributed by atoms with Crippen LogP contribution in [0.25, 0.3) is 0 Å². The van der Waals surface area contributed by atoms with Crippen LogP contribution in [0, 0.1) is 13.8 Å². The van der Waals surface area contributed by atoms with Crippen LogP contribution in [0.5, 0.6) is 11.5 Å². The number of nitrogens with zero attached hydrogens (tertiary/aromatic N) is 1. The number of hydrogen-bond donors (Lipinski definition) is 1. The first kappa shape index (κ1) is 27.5. The van der Waals surface area contributed by atoms with Crippen LogP contribution >= 0.6 is 0 Å². The van der Waals surface area contributed by atoms with Gasteiger partial charge in [-0.25, -0.2) is 13.2 Å². The molecule has 3 aromatic rings. The molecule has 0 saturated carbocycles. The van der Waals surface area contributed by atoms with Gasteiger partial charge in [-0.1, -0.05) is 18.2 Å². The second-order valence-corrected chi connectivity index (χ2v) is 10.1. The number of sulfonamides is 1. The second-order valence-electron chi connectivity index (χ2n) is 8.19. The highest BCUT2D eigenvalue weighted by Gasteiger charge is 2.29. The highest BCUT2D eigenvalue weighted by atomic mass is 32.2. The lowest BCUT2D eigenvalue weighted by Gasteiger charge is -2.25. The van der Waals surface area contributed by atoms with Crippen LogP contribution in [0.3, 0.4) is 0 Å². The Labute approximate surface area is 217 Å². The zero-order valence-corrected chi connectivity index (χ0v) is 22.2. The smallest absolute Gasteiger partial charge is 0.340 e. The van der Waals surface area contributed by atoms with Crippen molar-refractivity contribution in [1.82, 2.24) is 0 Å². The Bertz CT molecular complexity index is 1380. The van der Waals surface area contributed by atoms with Crippen molar-refractivity contribution in [3.63, 3.8) is 0 Å². The maximum Gasteiger partial charge on any atom is 0.340 e. The number of para-hydroxylation sites is 1. The van der Waals surface area contributed by atoms with Crippen molar-refractivity contribution in [1.29, 1.82) is 0 Å². The third-order valence-corrected chi connectivity index (χ3v) is 7.19. The Morgan fingerprint density at radius 3 is 2.16 bits per heavy atom. The molecule has 3 aromatic carbocycles. The number of methoxy groups -OCH3 is 2. The molecule has 0 aromatic heterocycles. The Balaban J connectivity index is 2.03. The van der Waals surface area contributed by atoms with Crippen molar-refractivity contribution >= 4 is 33.3 Å². The van der Waals surface area contributed by atoms with Gasteiger partial charge in [-0.3, -0.25) is 9.10 Å². The van der Waals surface area contributed by atoms with E-state index in [1.807, 2.05) is 19.9 Å². The maximum atomic E-state index is 13.8. The van der Waals surface area contributed by atoms with Crippen molar-refractivity contribution in [2.24, 2.45) is 0 Å². The fraction of sp³-hybridized carbons (Fsp3) is 0.259. The Hall–Kier alpha value is -4.05. The van der Waals surface area contributed by atoms with E-state index in [0.717, 1.165) is 15.4 Å². The lowest BCUT2D eigenvalue weighted by atomic mass is 10.1. The van der Waals surface area contributed by atoms with Crippen molar-refractivity contribution in [2.45, 2.75) is 25.7 Å². The SMILES string of the molecule is CCOC(=O)c1ccccc1NC(=O)CN(c1cc(C)cc(C)c1)S(=O)(=O)c1ccc(OC)c(OC)c1. The molecule has 0 bridgehead atoms. The number of hydrogen-bond acceptors (Lipinski definition) is 7. The number of rotatable bonds is 10. The molecule has 1 N–H and O–H groups in total. The second kappa shape index (κ2) is 11.8. The van der Waals surface area contributed by atoms with Crippen LogP contribution in [0.2, 0.25) is 0 Å². The van der Waals surface area contributed by atoms with Gasteiger partial charge in [0.15, 0.2) is 11.5 Å². The average molecular weight is 527 g/mol. The van der Waals surface area contributed by atoms with Crippen LogP contribution < -0.4 is 19.1 Å². The molecule has 37 heavy (non-hydrogen) atoms. The third kappa shape index (κ3) is 6.39. The number of carbonyl (C=O) groups is 2. The summed E-state index contributed by atoms with van der Waals surface area (Å²) >= 11 is 0. The summed E-state index contributed by atoms with van der Waals surface area (Å²) in [4.78, 5) is 25.4. The monoisotopic (exact) mass is 526 g/mol. The largest absolute Gasteiger partial charge is 0.493 e. The van der Waals surface area contributed by atoms with Crippen LogP contribution in [0.4, 0.5) is 11.4 Å². The molecule has 0 unspecified atom stereocenters. The summed E-state index contributed by atoms with van der Waals surface area (Å²) in [6, 6.07) is 15.9. The number of benzene rings is 3. The molecule has 0 aliphatic heterocycles. The first-order valence-electron chi connectivity index (χ1n) is 11.5. The maximum absolute atomic E-state index is 13.8. The number of aryl methyl sites for hydroxylation is 2. The summed E-state index contributed by atoms with van der Waals surface area (Å²) in [5.41, 5.74) is 2.36. The van der Waals surface area contributed by atoms with Crippen molar-refractivity contribution in [3.05, 3.63) is 77.4 Å². The van der Waals surface area contributed by atoms with Gasteiger partial charge in [0, 0.05) is 6.07 Å². The topological polar surface area (TPSA) is 111 Å². The van der Waals surface area contributed by atoms with E-state index < -0.39 is 28.4 Å². The minimum Gasteiger partial charge on any atom is -0.493 e. The normalized spacial score (nSPS) is 10.9. The average Bonchev–Trinajstić information content (AvgIpc) is 2.86. The van der Waals surface area contributed by atoms with Gasteiger partial charge in [-0.2, -0.15) is 0 Å². The van der Waals surface area contributed by atoms with E-state index in [1.165, 1.54) is 38.5 Å². The van der Waals surface area contributed by atoms with Crippen LogP contribution in [-0.4, -0.2) is 47.7 Å². The van der Waals surface area contributed by atoms with Gasteiger partial charge in [-0.05, 0) is 68.3 Å². The standard InChI is InChI=1S/C27H30N2O7S/c1-6-36-27(31)22-9-7-8-10-23(22)28-26(30)17-29(20-14-18(2)13-19(3)15-20)37(32,33)21-11-12-24(34-4)25(16-21)35-5/h7-16H,6,17H2,1-5H3,(H,28,30). The van der Waals surface area contributed by atoms with Gasteiger partial charge in [0.1, 0.15) is 6.54 Å². The van der Waals surface area contributed by atoms with Crippen LogP contribution in [-0.2, 0) is 19.6 Å². The molecule has 0 atom stereocenters. The number of nitrogens with one attached hydrogen (secondary N) is 1. The zero-order chi connectivity index (χ0) is 27.2. The molecule has 0 fully saturated rings. The molecule has 0 aliphatic carbocycles. The molecule has 0 aliphatic rings. The molecule has 0 radical (unpaired) electrons. The van der Waals surface area contributed by atoms with E-state index in [0.29, 0.717) is 11.4 Å². The van der Waals surface area contributed by atoms with E-state index in [1.54, 1.807) is 37.3 Å². The zero-order valence-electron chi connectivity index (χ0n) is 21.4. The summed E-state index contributed by atoms with van der Waals surface area (Å²) in [6.07, 6.45) is 0. The van der Waals surface area contributed by atoms with Crippen LogP contribution in [0.1, 0.15) is 28.4 Å². The summed E-state index contributed by atoms with van der Waals surface area (Å²) in [5, 5.41) is 2.65. The molecule has 0 spiro atoms. The number of anilines is 2. The molecule has 9 nitrogen and oxygen atoms in total. The molecule has 1 amide bonds. The summed E-state index contributed by atoms with van der Waals surface area (Å²) in [7, 11) is -1.36. The van der Waals surface area contributed by atoms with Gasteiger partial charge >= 0.3 is 5.97 Å². The van der Waals surface area contributed by atoms with E-state index in [-0.39, 0.29) is 28.5 Å². The minimum absolute atomic E-state index is 0.0796. The number of amides is 1. The van der Waals surface area contributed by atoms with E-state index in [4.69, 9.17) is 14.2 Å². The minimum atomic E-state index is -4.22. The summed E-state index contributed by atoms with van der Waals surface area (Å²) in [6.45, 7) is 4.99. The fourth-order valence-corrected chi connectivity index (χ4v) is 5.23. The van der Waals surface area contributed by atoms with E-state index >= 15 is 0 Å². The molecule has 0 saturated heterocycles. The summed E-state index contributed by atoms with van der Waals surface area (Å²) in [5.74, 6) is -0.632. The lowest BCUT2D eigenvalue weighted by molar-refractivity contribution is -0.114. The molecule has 0 heterocycles. The van der Waals surface area contributed by atoms with Crippen molar-refractivity contribution in [3.8, 4) is 11.5 Å². The van der Waals surface area contributed by atoms with E-state index in [9.17, 15) is 18.0 Å². The highest BCUT2D eigenvalue weighted by molar-refractivity contribution is 7.92. The fourth-order valence-electron chi connectivity index (χ4n) is 3.81. The number of esters is 1. The van der Waals surface area contributed by atoms with Crippen molar-refractivity contribution in [2.75, 3.05) is 37.0 Å². The quantitative estimate of drug-likeness (QED) is 0.392. The van der Waals surface area contributed by atoms with Gasteiger partial charge in [0.25, 0.3) is 10.0 Å². The predicted molar refractivity (Wildman–Crippen MR) is 141 cm³/mol. The van der Waals surface area contributed by atoms with E-state index in [2.05, 4.69) is 5.32 Å². The third-order valence-electron chi connectivity index (χ3n) is 5.42. The Morgan fingerprint density at radius 1 is 0.892 bits per heavy atom. The Kier molecular flexibility index (Phi) is 8.77. The van der Waals surface area contributed by atoms with Gasteiger partial charge in [0.05, 0.1) is 42.7 Å². The van der Waals surface area contributed by atoms with Gasteiger partial charge in [-0.15, -0.1) is 0 Å². The first-order chi connectivity index (χ1) is 17.6. The highest BCUT2D eigenvalue weighted by Crippen LogP contribution is 2.33. The lowest BCUT2D eigenvalue weighted by Crippen LogP contribution is -2.38. The summed E-state index contributed by atoms with van der Waals surface area (Å²) < 4.78 is 44.3. The van der Waals surface area contributed by atoms with Gasteiger partial charge in [0.2, 0.25) is 5.91 Å². The molecular formula is C27H30N2O7S. The number of carbonyl (C=O) groups excluding carboxylic acids is 2. The molecule has 3 rings (SSSR count). The first-order valence-corrected chi connectivity index (χ1v) is 12.9. The molecule has 196 valence electrons. The van der Waals surface area contributed by atoms with Crippen molar-refractivity contribution < 1.29 is 32.2 Å². The predicted octanol–water partition coefficient (Wildman–Crippen LogP) is 4.33. The molecular weight excluding hydrogens is 496 g/mol.